The van der Waals surface area contributed by atoms with Gasteiger partial charge >= 0.3 is 6.09 Å². The van der Waals surface area contributed by atoms with Gasteiger partial charge in [0.15, 0.2) is 0 Å². The number of benzene rings is 1. The van der Waals surface area contributed by atoms with Crippen molar-refractivity contribution in [2.75, 3.05) is 0 Å². The Kier molecular flexibility index (Phi) is 3.72. The first-order valence-electron chi connectivity index (χ1n) is 5.16. The third-order valence-electron chi connectivity index (χ3n) is 2.03. The van der Waals surface area contributed by atoms with E-state index in [1.807, 2.05) is 25.1 Å². The Balaban J connectivity index is 1.82. The van der Waals surface area contributed by atoms with Gasteiger partial charge < -0.3 is 10.1 Å². The van der Waals surface area contributed by atoms with Crippen molar-refractivity contribution in [2.45, 2.75) is 13.5 Å². The van der Waals surface area contributed by atoms with E-state index in [0.29, 0.717) is 12.3 Å². The molecule has 0 bridgehead atoms. The van der Waals surface area contributed by atoms with E-state index in [0.717, 1.165) is 9.88 Å². The zero-order valence-corrected chi connectivity index (χ0v) is 10.2. The van der Waals surface area contributed by atoms with Gasteiger partial charge in [0.25, 0.3) is 0 Å². The van der Waals surface area contributed by atoms with Gasteiger partial charge in [0, 0.05) is 11.1 Å². The van der Waals surface area contributed by atoms with Crippen LogP contribution in [0.4, 0.5) is 4.79 Å². The molecule has 0 radical (unpaired) electrons. The highest BCUT2D eigenvalue weighted by Gasteiger charge is 2.04. The second-order valence-electron chi connectivity index (χ2n) is 3.40. The van der Waals surface area contributed by atoms with Crippen LogP contribution in [0, 0.1) is 6.92 Å². The maximum Gasteiger partial charge on any atom is 0.412 e. The molecule has 1 amide bonds. The van der Waals surface area contributed by atoms with Crippen LogP contribution in [0.3, 0.4) is 0 Å². The summed E-state index contributed by atoms with van der Waals surface area (Å²) in [6.45, 7) is 2.37. The summed E-state index contributed by atoms with van der Waals surface area (Å²) in [6, 6.07) is 8.96. The Morgan fingerprint density at radius 1 is 1.41 bits per heavy atom. The second kappa shape index (κ2) is 5.45. The highest BCUT2D eigenvalue weighted by atomic mass is 32.1. The minimum atomic E-state index is -0.456. The molecule has 0 aliphatic heterocycles. The van der Waals surface area contributed by atoms with Crippen LogP contribution in [0.1, 0.15) is 9.88 Å². The number of rotatable bonds is 3. The van der Waals surface area contributed by atoms with E-state index >= 15 is 0 Å². The summed E-state index contributed by atoms with van der Waals surface area (Å²) in [6.07, 6.45) is 1.30. The number of aryl methyl sites for hydroxylation is 1. The van der Waals surface area contributed by atoms with Crippen LogP contribution in [0.2, 0.25) is 0 Å². The molecule has 0 saturated heterocycles. The maximum atomic E-state index is 11.4. The van der Waals surface area contributed by atoms with Gasteiger partial charge in [0.1, 0.15) is 5.75 Å². The van der Waals surface area contributed by atoms with Gasteiger partial charge in [0.05, 0.1) is 11.6 Å². The minimum absolute atomic E-state index is 0.442. The van der Waals surface area contributed by atoms with Crippen molar-refractivity contribution in [2.24, 2.45) is 0 Å². The first-order chi connectivity index (χ1) is 8.24. The van der Waals surface area contributed by atoms with Gasteiger partial charge in [0.2, 0.25) is 0 Å². The molecule has 1 heterocycles. The van der Waals surface area contributed by atoms with E-state index in [4.69, 9.17) is 4.74 Å². The van der Waals surface area contributed by atoms with E-state index in [1.54, 1.807) is 29.7 Å². The first-order valence-corrected chi connectivity index (χ1v) is 5.98. The smallest absolute Gasteiger partial charge is 0.410 e. The SMILES string of the molecule is Cc1ncc(CNC(=O)Oc2ccccc2)s1. The van der Waals surface area contributed by atoms with Crippen LogP contribution >= 0.6 is 11.3 Å². The molecule has 2 rings (SSSR count). The highest BCUT2D eigenvalue weighted by Crippen LogP contribution is 2.11. The monoisotopic (exact) mass is 248 g/mol. The van der Waals surface area contributed by atoms with E-state index in [9.17, 15) is 4.79 Å². The van der Waals surface area contributed by atoms with E-state index in [2.05, 4.69) is 10.3 Å². The molecule has 1 aromatic carbocycles. The number of thiazole rings is 1. The molecular formula is C12H12N2O2S. The summed E-state index contributed by atoms with van der Waals surface area (Å²) < 4.78 is 5.08. The normalized spacial score (nSPS) is 9.94. The number of hydrogen-bond donors (Lipinski definition) is 1. The van der Waals surface area contributed by atoms with Crippen LogP contribution in [0.25, 0.3) is 0 Å². The number of ether oxygens (including phenoxy) is 1. The summed E-state index contributed by atoms with van der Waals surface area (Å²) in [7, 11) is 0. The largest absolute Gasteiger partial charge is 0.412 e. The summed E-state index contributed by atoms with van der Waals surface area (Å²) in [5.41, 5.74) is 0. The van der Waals surface area contributed by atoms with E-state index < -0.39 is 6.09 Å². The van der Waals surface area contributed by atoms with Crippen LogP contribution < -0.4 is 10.1 Å². The van der Waals surface area contributed by atoms with Gasteiger partial charge in [-0.2, -0.15) is 0 Å². The Bertz CT molecular complexity index is 496. The van der Waals surface area contributed by atoms with Crippen molar-refractivity contribution < 1.29 is 9.53 Å². The molecule has 0 aliphatic carbocycles. The summed E-state index contributed by atoms with van der Waals surface area (Å²) in [5.74, 6) is 0.533. The lowest BCUT2D eigenvalue weighted by Gasteiger charge is -2.04. The lowest BCUT2D eigenvalue weighted by Crippen LogP contribution is -2.25. The number of nitrogens with one attached hydrogen (secondary N) is 1. The van der Waals surface area contributed by atoms with Crippen molar-refractivity contribution in [1.29, 1.82) is 0 Å². The number of hydrogen-bond acceptors (Lipinski definition) is 4. The minimum Gasteiger partial charge on any atom is -0.410 e. The molecule has 0 fully saturated rings. The molecule has 5 heteroatoms. The number of carbonyl (C=O) groups excluding carboxylic acids is 1. The molecule has 4 nitrogen and oxygen atoms in total. The van der Waals surface area contributed by atoms with Gasteiger partial charge in [-0.05, 0) is 19.1 Å². The van der Waals surface area contributed by atoms with Crippen LogP contribution in [0.5, 0.6) is 5.75 Å². The molecule has 0 unspecified atom stereocenters. The molecule has 0 atom stereocenters. The van der Waals surface area contributed by atoms with Crippen molar-refractivity contribution in [1.82, 2.24) is 10.3 Å². The predicted molar refractivity (Wildman–Crippen MR) is 66.2 cm³/mol. The number of amides is 1. The average Bonchev–Trinajstić information content (AvgIpc) is 2.74. The molecule has 1 N–H and O–H groups in total. The zero-order valence-electron chi connectivity index (χ0n) is 9.34. The Morgan fingerprint density at radius 3 is 2.82 bits per heavy atom. The van der Waals surface area contributed by atoms with Gasteiger partial charge in [-0.25, -0.2) is 9.78 Å². The third kappa shape index (κ3) is 3.57. The van der Waals surface area contributed by atoms with Crippen LogP contribution in [-0.2, 0) is 6.54 Å². The first kappa shape index (κ1) is 11.6. The fourth-order valence-electron chi connectivity index (χ4n) is 1.28. The molecule has 1 aromatic heterocycles. The van der Waals surface area contributed by atoms with E-state index in [1.165, 1.54) is 0 Å². The molecule has 17 heavy (non-hydrogen) atoms. The van der Waals surface area contributed by atoms with Crippen LogP contribution in [-0.4, -0.2) is 11.1 Å². The quantitative estimate of drug-likeness (QED) is 0.908. The Labute approximate surface area is 103 Å². The maximum absolute atomic E-state index is 11.4. The lowest BCUT2D eigenvalue weighted by molar-refractivity contribution is 0.200. The van der Waals surface area contributed by atoms with Crippen molar-refractivity contribution in [3.05, 3.63) is 46.4 Å². The van der Waals surface area contributed by atoms with Gasteiger partial charge in [-0.15, -0.1) is 11.3 Å². The number of aromatic nitrogens is 1. The molecule has 0 spiro atoms. The number of nitrogens with zero attached hydrogens (tertiary/aromatic N) is 1. The average molecular weight is 248 g/mol. The van der Waals surface area contributed by atoms with Crippen LogP contribution in [0.15, 0.2) is 36.5 Å². The summed E-state index contributed by atoms with van der Waals surface area (Å²) in [5, 5.41) is 3.65. The van der Waals surface area contributed by atoms with Crippen molar-refractivity contribution in [3.8, 4) is 5.75 Å². The predicted octanol–water partition coefficient (Wildman–Crippen LogP) is 2.74. The standard InChI is InChI=1S/C12H12N2O2S/c1-9-13-7-11(17-9)8-14-12(15)16-10-5-3-2-4-6-10/h2-7H,8H2,1H3,(H,14,15). The van der Waals surface area contributed by atoms with Gasteiger partial charge in [-0.1, -0.05) is 18.2 Å². The summed E-state index contributed by atoms with van der Waals surface area (Å²) in [4.78, 5) is 16.6. The molecule has 0 saturated carbocycles. The van der Waals surface area contributed by atoms with Gasteiger partial charge in [-0.3, -0.25) is 0 Å². The summed E-state index contributed by atoms with van der Waals surface area (Å²) >= 11 is 1.55. The van der Waals surface area contributed by atoms with E-state index in [-0.39, 0.29) is 0 Å². The second-order valence-corrected chi connectivity index (χ2v) is 4.72. The number of para-hydroxylation sites is 1. The fraction of sp³-hybridized carbons (Fsp3) is 0.167. The molecule has 88 valence electrons. The van der Waals surface area contributed by atoms with Crippen molar-refractivity contribution >= 4 is 17.4 Å². The van der Waals surface area contributed by atoms with Crippen molar-refractivity contribution in [3.63, 3.8) is 0 Å². The zero-order chi connectivity index (χ0) is 12.1. The fourth-order valence-corrected chi connectivity index (χ4v) is 2.01. The molecular weight excluding hydrogens is 236 g/mol. The Hall–Kier alpha value is -1.88. The number of carbonyl (C=O) groups is 1. The Morgan fingerprint density at radius 2 is 2.18 bits per heavy atom. The lowest BCUT2D eigenvalue weighted by atomic mass is 10.3. The topological polar surface area (TPSA) is 51.2 Å². The molecule has 0 aliphatic rings. The third-order valence-corrected chi connectivity index (χ3v) is 2.94. The molecule has 2 aromatic rings. The highest BCUT2D eigenvalue weighted by molar-refractivity contribution is 7.11.